The maximum Gasteiger partial charge on any atom is 1.00 e. The maximum atomic E-state index is 7.50. The van der Waals surface area contributed by atoms with Crippen molar-refractivity contribution in [1.82, 2.24) is 0 Å². The zero-order chi connectivity index (χ0) is 16.0. The van der Waals surface area contributed by atoms with Gasteiger partial charge in [0.1, 0.15) is 0 Å². The third-order valence-corrected chi connectivity index (χ3v) is 0. The van der Waals surface area contributed by atoms with Crippen molar-refractivity contribution in [2.24, 2.45) is 0 Å². The molecule has 0 spiro atoms. The van der Waals surface area contributed by atoms with Gasteiger partial charge in [0.15, 0.2) is 0 Å². The SMILES string of the molecule is [C-]#[O+].[C-]#[O+].[C-]#[O+].[C-]#[O+].[C-]#[O+].[C-]#[O+].[C-]#[O+].[C-]#[O+].[Fe].[Fe].[Na+].[Na+]. The second-order valence-corrected chi connectivity index (χ2v) is 0. The molecule has 0 atom stereocenters. The van der Waals surface area contributed by atoms with E-state index >= 15 is 0 Å². The minimum atomic E-state index is 0. The van der Waals surface area contributed by atoms with Gasteiger partial charge in [-0.25, -0.2) is 0 Å². The molecule has 0 radical (unpaired) electrons. The molecular weight excluding hydrogens is 382 g/mol. The van der Waals surface area contributed by atoms with E-state index in [2.05, 4.69) is 53.2 Å². The molecule has 12 heteroatoms. The first kappa shape index (κ1) is 104. The predicted octanol–water partition coefficient (Wildman–Crippen LogP) is -6.30. The standard InChI is InChI=1S/8CO.2Fe.2Na/c8*1-2;;;;/q;;;;;;;;;;2*+1. The maximum absolute atomic E-state index is 7.50. The van der Waals surface area contributed by atoms with Crippen molar-refractivity contribution in [3.63, 3.8) is 0 Å². The van der Waals surface area contributed by atoms with E-state index in [1.807, 2.05) is 0 Å². The molecule has 0 N–H and O–H groups in total. The van der Waals surface area contributed by atoms with Crippen LogP contribution in [0.3, 0.4) is 0 Å². The molecular formula is C8Fe2Na2O8+2. The Labute approximate surface area is 181 Å². The first-order chi connectivity index (χ1) is 8.00. The first-order valence-corrected chi connectivity index (χ1v) is 1.63. The second kappa shape index (κ2) is 7800. The number of hydrogen-bond acceptors (Lipinski definition) is 0. The molecule has 8 nitrogen and oxygen atoms in total. The van der Waals surface area contributed by atoms with E-state index in [1.54, 1.807) is 0 Å². The van der Waals surface area contributed by atoms with Gasteiger partial charge < -0.3 is 0 Å². The minimum Gasteiger partial charge on any atom is 0 e. The summed E-state index contributed by atoms with van der Waals surface area (Å²) in [5.74, 6) is 0. The van der Waals surface area contributed by atoms with Crippen LogP contribution in [-0.2, 0) is 71.4 Å². The van der Waals surface area contributed by atoms with Crippen molar-refractivity contribution in [1.29, 1.82) is 0 Å². The van der Waals surface area contributed by atoms with Gasteiger partial charge in [0.25, 0.3) is 0 Å². The van der Waals surface area contributed by atoms with Crippen LogP contribution in [0.1, 0.15) is 0 Å². The smallest absolute Gasteiger partial charge is 0 e. The van der Waals surface area contributed by atoms with Crippen LogP contribution in [0.5, 0.6) is 0 Å². The Balaban J connectivity index is -0.00000000356. The zero-order valence-corrected chi connectivity index (χ0v) is 16.2. The van der Waals surface area contributed by atoms with Crippen molar-refractivity contribution in [3.8, 4) is 0 Å². The van der Waals surface area contributed by atoms with Gasteiger partial charge in [-0.1, -0.05) is 0 Å². The van der Waals surface area contributed by atoms with Crippen molar-refractivity contribution in [2.75, 3.05) is 0 Å². The second-order valence-electron chi connectivity index (χ2n) is 0. The Bertz CT molecular complexity index is 144. The molecule has 0 unspecified atom stereocenters. The molecule has 0 aromatic rings. The fraction of sp³-hybridized carbons (Fsp3) is 0. The summed E-state index contributed by atoms with van der Waals surface area (Å²) in [5.41, 5.74) is 0. The summed E-state index contributed by atoms with van der Waals surface area (Å²) in [6.45, 7) is 36.0. The summed E-state index contributed by atoms with van der Waals surface area (Å²) >= 11 is 0. The van der Waals surface area contributed by atoms with E-state index in [0.717, 1.165) is 0 Å². The summed E-state index contributed by atoms with van der Waals surface area (Å²) in [6, 6.07) is 0. The van der Waals surface area contributed by atoms with Crippen LogP contribution in [0.4, 0.5) is 0 Å². The van der Waals surface area contributed by atoms with E-state index in [4.69, 9.17) is 37.2 Å². The van der Waals surface area contributed by atoms with Crippen LogP contribution in [0, 0.1) is 53.2 Å². The molecule has 0 aromatic heterocycles. The molecule has 0 heterocycles. The van der Waals surface area contributed by atoms with Gasteiger partial charge in [-0.2, -0.15) is 0 Å². The molecule has 0 aliphatic heterocycles. The van der Waals surface area contributed by atoms with E-state index in [1.165, 1.54) is 0 Å². The van der Waals surface area contributed by atoms with E-state index in [0.29, 0.717) is 0 Å². The Hall–Kier alpha value is 0.959. The average Bonchev–Trinajstić information content (AvgIpc) is 2.54. The number of rotatable bonds is 0. The first-order valence-electron chi connectivity index (χ1n) is 1.63. The summed E-state index contributed by atoms with van der Waals surface area (Å²) in [4.78, 5) is 0. The fourth-order valence-electron chi connectivity index (χ4n) is 0. The zero-order valence-electron chi connectivity index (χ0n) is 9.97. The van der Waals surface area contributed by atoms with Crippen LogP contribution in [0.2, 0.25) is 0 Å². The van der Waals surface area contributed by atoms with Gasteiger partial charge >= 0.3 is 150 Å². The van der Waals surface area contributed by atoms with Gasteiger partial charge in [-0.3, -0.25) is 0 Å². The van der Waals surface area contributed by atoms with Gasteiger partial charge in [0.2, 0.25) is 0 Å². The third-order valence-electron chi connectivity index (χ3n) is 0. The Kier molecular flexibility index (Phi) is 40600. The Morgan fingerprint density at radius 2 is 0.250 bits per heavy atom. The Morgan fingerprint density at radius 1 is 0.250 bits per heavy atom. The molecule has 0 aliphatic rings. The summed E-state index contributed by atoms with van der Waals surface area (Å²) in [6.07, 6.45) is 0. The minimum absolute atomic E-state index is 0. The Morgan fingerprint density at radius 3 is 0.250 bits per heavy atom. The molecule has 0 bridgehead atoms. The average molecular weight is 382 g/mol. The molecule has 0 aliphatic carbocycles. The summed E-state index contributed by atoms with van der Waals surface area (Å²) in [5, 5.41) is 0. The van der Waals surface area contributed by atoms with Crippen molar-refractivity contribution in [2.45, 2.75) is 0 Å². The molecule has 0 amide bonds. The third kappa shape index (κ3) is 6650. The molecule has 0 aromatic carbocycles. The van der Waals surface area contributed by atoms with Crippen LogP contribution in [0.15, 0.2) is 0 Å². The van der Waals surface area contributed by atoms with E-state index in [9.17, 15) is 0 Å². The van der Waals surface area contributed by atoms with Gasteiger partial charge in [-0.05, 0) is 0 Å². The van der Waals surface area contributed by atoms with Gasteiger partial charge in [0, 0.05) is 34.1 Å². The van der Waals surface area contributed by atoms with Crippen molar-refractivity contribution < 1.29 is 130 Å². The molecule has 0 saturated heterocycles. The fourth-order valence-corrected chi connectivity index (χ4v) is 0. The molecule has 96 valence electrons. The summed E-state index contributed by atoms with van der Waals surface area (Å²) in [7, 11) is 0. The van der Waals surface area contributed by atoms with Crippen LogP contribution in [0.25, 0.3) is 0 Å². The molecule has 0 fully saturated rings. The van der Waals surface area contributed by atoms with Gasteiger partial charge in [0.05, 0.1) is 0 Å². The topological polar surface area (TPSA) is 159 Å². The van der Waals surface area contributed by atoms with E-state index in [-0.39, 0.29) is 93.3 Å². The normalized spacial score (nSPS) is 0.800. The monoisotopic (exact) mass is 382 g/mol. The molecule has 0 saturated carbocycles. The quantitative estimate of drug-likeness (QED) is 0.222. The van der Waals surface area contributed by atoms with Crippen LogP contribution < -0.4 is 59.1 Å². The van der Waals surface area contributed by atoms with Crippen molar-refractivity contribution in [3.05, 3.63) is 53.2 Å². The predicted molar refractivity (Wildman–Crippen MR) is 31.4 cm³/mol. The van der Waals surface area contributed by atoms with E-state index < -0.39 is 0 Å². The van der Waals surface area contributed by atoms with Gasteiger partial charge in [-0.15, -0.1) is 0 Å². The number of hydrogen-bond donors (Lipinski definition) is 0. The molecule has 20 heavy (non-hydrogen) atoms. The largest absolute Gasteiger partial charge is 1.00 e. The molecule has 0 rings (SSSR count). The van der Waals surface area contributed by atoms with Crippen molar-refractivity contribution >= 4 is 0 Å². The van der Waals surface area contributed by atoms with Crippen LogP contribution >= 0.6 is 0 Å². The summed E-state index contributed by atoms with van der Waals surface area (Å²) < 4.78 is 60.0. The van der Waals surface area contributed by atoms with Crippen LogP contribution in [-0.4, -0.2) is 0 Å².